The Morgan fingerprint density at radius 1 is 1.35 bits per heavy atom. The summed E-state index contributed by atoms with van der Waals surface area (Å²) in [5, 5.41) is 8.38. The monoisotopic (exact) mass is 241 g/mol. The molecule has 0 aromatic heterocycles. The van der Waals surface area contributed by atoms with Crippen LogP contribution in [0, 0.1) is 11.6 Å². The third-order valence-electron chi connectivity index (χ3n) is 2.54. The maximum atomic E-state index is 13.3. The molecule has 0 radical (unpaired) electrons. The van der Waals surface area contributed by atoms with Gasteiger partial charge >= 0.3 is 0 Å². The first-order chi connectivity index (χ1) is 8.16. The van der Waals surface area contributed by atoms with Gasteiger partial charge in [-0.2, -0.15) is 0 Å². The van der Waals surface area contributed by atoms with Gasteiger partial charge in [-0.1, -0.05) is 0 Å². The molecule has 1 heterocycles. The first-order valence-corrected chi connectivity index (χ1v) is 5.37. The minimum Gasteiger partial charge on any atom is -0.322 e. The summed E-state index contributed by atoms with van der Waals surface area (Å²) in [7, 11) is 0. The molecule has 0 saturated carbocycles. The molecule has 2 rings (SSSR count). The summed E-state index contributed by atoms with van der Waals surface area (Å²) in [5.41, 5.74) is -0.137. The quantitative estimate of drug-likeness (QED) is 0.705. The van der Waals surface area contributed by atoms with E-state index in [4.69, 9.17) is 0 Å². The third kappa shape index (κ3) is 2.98. The van der Waals surface area contributed by atoms with Crippen molar-refractivity contribution in [3.05, 3.63) is 29.8 Å². The summed E-state index contributed by atoms with van der Waals surface area (Å²) in [6, 6.07) is 2.53. The number of rotatable bonds is 2. The Balaban J connectivity index is 2.04. The zero-order valence-corrected chi connectivity index (χ0v) is 9.09. The van der Waals surface area contributed by atoms with Gasteiger partial charge < -0.3 is 16.0 Å². The van der Waals surface area contributed by atoms with E-state index in [1.54, 1.807) is 0 Å². The fourth-order valence-electron chi connectivity index (χ4n) is 1.65. The number of nitrogens with one attached hydrogen (secondary N) is 3. The summed E-state index contributed by atoms with van der Waals surface area (Å²) in [4.78, 5) is 11.7. The predicted octanol–water partition coefficient (Wildman–Crippen LogP) is 0.465. The van der Waals surface area contributed by atoms with Crippen molar-refractivity contribution in [2.24, 2.45) is 0 Å². The molecule has 1 aromatic carbocycles. The van der Waals surface area contributed by atoms with E-state index in [1.807, 2.05) is 0 Å². The molecule has 1 aliphatic rings. The van der Waals surface area contributed by atoms with Gasteiger partial charge in [0.15, 0.2) is 0 Å². The molecule has 1 aliphatic heterocycles. The molecule has 1 saturated heterocycles. The molecule has 17 heavy (non-hydrogen) atoms. The molecule has 0 bridgehead atoms. The fraction of sp³-hybridized carbons (Fsp3) is 0.364. The van der Waals surface area contributed by atoms with Crippen molar-refractivity contribution in [1.29, 1.82) is 0 Å². The maximum absolute atomic E-state index is 13.3. The first-order valence-electron chi connectivity index (χ1n) is 5.37. The van der Waals surface area contributed by atoms with Crippen LogP contribution in [0.2, 0.25) is 0 Å². The minimum absolute atomic E-state index is 0.137. The number of piperazine rings is 1. The molecule has 0 aliphatic carbocycles. The SMILES string of the molecule is O=C(Nc1cc(F)ccc1F)C1CNCCN1. The Labute approximate surface area is 97.4 Å². The van der Waals surface area contributed by atoms with Crippen LogP contribution in [-0.2, 0) is 4.79 Å². The Morgan fingerprint density at radius 3 is 2.88 bits per heavy atom. The topological polar surface area (TPSA) is 53.2 Å². The number of hydrogen-bond acceptors (Lipinski definition) is 3. The van der Waals surface area contributed by atoms with Crippen LogP contribution < -0.4 is 16.0 Å². The fourth-order valence-corrected chi connectivity index (χ4v) is 1.65. The van der Waals surface area contributed by atoms with Gasteiger partial charge in [0.2, 0.25) is 5.91 Å². The van der Waals surface area contributed by atoms with Crippen LogP contribution >= 0.6 is 0 Å². The highest BCUT2D eigenvalue weighted by molar-refractivity contribution is 5.95. The lowest BCUT2D eigenvalue weighted by Crippen LogP contribution is -2.54. The zero-order valence-electron chi connectivity index (χ0n) is 9.09. The molecule has 1 amide bonds. The molecule has 1 atom stereocenters. The maximum Gasteiger partial charge on any atom is 0.242 e. The Bertz CT molecular complexity index is 419. The first kappa shape index (κ1) is 11.9. The van der Waals surface area contributed by atoms with E-state index in [0.717, 1.165) is 24.7 Å². The van der Waals surface area contributed by atoms with E-state index in [-0.39, 0.29) is 11.6 Å². The van der Waals surface area contributed by atoms with Crippen LogP contribution in [0.3, 0.4) is 0 Å². The van der Waals surface area contributed by atoms with Crippen molar-refractivity contribution >= 4 is 11.6 Å². The number of hydrogen-bond donors (Lipinski definition) is 3. The number of halogens is 2. The van der Waals surface area contributed by atoms with Crippen molar-refractivity contribution in [1.82, 2.24) is 10.6 Å². The molecular weight excluding hydrogens is 228 g/mol. The predicted molar refractivity (Wildman–Crippen MR) is 59.6 cm³/mol. The van der Waals surface area contributed by atoms with E-state index in [2.05, 4.69) is 16.0 Å². The van der Waals surface area contributed by atoms with Gasteiger partial charge in [0.1, 0.15) is 11.6 Å². The van der Waals surface area contributed by atoms with Crippen LogP contribution in [0.25, 0.3) is 0 Å². The molecule has 1 unspecified atom stereocenters. The highest BCUT2D eigenvalue weighted by atomic mass is 19.1. The highest BCUT2D eigenvalue weighted by Gasteiger charge is 2.21. The molecular formula is C11H13F2N3O. The van der Waals surface area contributed by atoms with Crippen molar-refractivity contribution < 1.29 is 13.6 Å². The average Bonchev–Trinajstić information content (AvgIpc) is 2.35. The zero-order chi connectivity index (χ0) is 12.3. The number of amides is 1. The smallest absolute Gasteiger partial charge is 0.242 e. The van der Waals surface area contributed by atoms with E-state index in [9.17, 15) is 13.6 Å². The van der Waals surface area contributed by atoms with Crippen LogP contribution in [0.5, 0.6) is 0 Å². The molecule has 1 fully saturated rings. The molecule has 1 aromatic rings. The van der Waals surface area contributed by atoms with Crippen LogP contribution in [-0.4, -0.2) is 31.6 Å². The molecule has 3 N–H and O–H groups in total. The number of benzene rings is 1. The van der Waals surface area contributed by atoms with Gasteiger partial charge in [0, 0.05) is 25.7 Å². The van der Waals surface area contributed by atoms with Crippen molar-refractivity contribution in [3.63, 3.8) is 0 Å². The van der Waals surface area contributed by atoms with Crippen LogP contribution in [0.1, 0.15) is 0 Å². The van der Waals surface area contributed by atoms with Gasteiger partial charge in [0.05, 0.1) is 11.7 Å². The second kappa shape index (κ2) is 5.20. The highest BCUT2D eigenvalue weighted by Crippen LogP contribution is 2.15. The average molecular weight is 241 g/mol. The Hall–Kier alpha value is -1.53. The van der Waals surface area contributed by atoms with Gasteiger partial charge in [0.25, 0.3) is 0 Å². The van der Waals surface area contributed by atoms with Gasteiger partial charge in [-0.3, -0.25) is 4.79 Å². The summed E-state index contributed by atoms with van der Waals surface area (Å²) in [6.45, 7) is 1.94. The van der Waals surface area contributed by atoms with Gasteiger partial charge in [-0.15, -0.1) is 0 Å². The van der Waals surface area contributed by atoms with E-state index in [1.165, 1.54) is 0 Å². The molecule has 4 nitrogen and oxygen atoms in total. The van der Waals surface area contributed by atoms with E-state index < -0.39 is 17.7 Å². The van der Waals surface area contributed by atoms with Crippen molar-refractivity contribution in [3.8, 4) is 0 Å². The van der Waals surface area contributed by atoms with Crippen molar-refractivity contribution in [2.45, 2.75) is 6.04 Å². The van der Waals surface area contributed by atoms with E-state index >= 15 is 0 Å². The molecule has 92 valence electrons. The lowest BCUT2D eigenvalue weighted by atomic mass is 10.2. The van der Waals surface area contributed by atoms with Crippen LogP contribution in [0.4, 0.5) is 14.5 Å². The van der Waals surface area contributed by atoms with E-state index in [0.29, 0.717) is 13.1 Å². The summed E-state index contributed by atoms with van der Waals surface area (Å²) >= 11 is 0. The largest absolute Gasteiger partial charge is 0.322 e. The second-order valence-corrected chi connectivity index (χ2v) is 3.82. The molecule has 6 heteroatoms. The Morgan fingerprint density at radius 2 is 2.18 bits per heavy atom. The summed E-state index contributed by atoms with van der Waals surface area (Å²) in [5.74, 6) is -1.61. The normalized spacial score (nSPS) is 20.0. The minimum atomic E-state index is -0.650. The van der Waals surface area contributed by atoms with Gasteiger partial charge in [-0.05, 0) is 12.1 Å². The number of anilines is 1. The van der Waals surface area contributed by atoms with Crippen LogP contribution in [0.15, 0.2) is 18.2 Å². The molecule has 0 spiro atoms. The second-order valence-electron chi connectivity index (χ2n) is 3.82. The summed E-state index contributed by atoms with van der Waals surface area (Å²) in [6.07, 6.45) is 0. The van der Waals surface area contributed by atoms with Crippen molar-refractivity contribution in [2.75, 3.05) is 25.0 Å². The lowest BCUT2D eigenvalue weighted by molar-refractivity contribution is -0.118. The standard InChI is InChI=1S/C11H13F2N3O/c12-7-1-2-8(13)9(5-7)16-11(17)10-6-14-3-4-15-10/h1-2,5,10,14-15H,3-4,6H2,(H,16,17). The Kier molecular flexibility index (Phi) is 3.65. The lowest BCUT2D eigenvalue weighted by Gasteiger charge is -2.23. The number of carbonyl (C=O) groups excluding carboxylic acids is 1. The summed E-state index contributed by atoms with van der Waals surface area (Å²) < 4.78 is 26.2. The third-order valence-corrected chi connectivity index (χ3v) is 2.54. The number of carbonyl (C=O) groups is 1. The van der Waals surface area contributed by atoms with Gasteiger partial charge in [-0.25, -0.2) is 8.78 Å².